The number of hydrogen-bond donors (Lipinski definition) is 0. The fourth-order valence-electron chi connectivity index (χ4n) is 30.1. The summed E-state index contributed by atoms with van der Waals surface area (Å²) in [5.74, 6) is 1.83. The van der Waals surface area contributed by atoms with Crippen LogP contribution >= 0.6 is 0 Å². The summed E-state index contributed by atoms with van der Waals surface area (Å²) >= 11 is 0. The fourth-order valence-corrected chi connectivity index (χ4v) is 30.1. The lowest BCUT2D eigenvalue weighted by molar-refractivity contribution is -0.303. The number of piperidine rings is 10. The van der Waals surface area contributed by atoms with Crippen molar-refractivity contribution >= 4 is 29.7 Å². The van der Waals surface area contributed by atoms with Crippen molar-refractivity contribution in [2.75, 3.05) is 37.6 Å². The van der Waals surface area contributed by atoms with E-state index in [1.807, 2.05) is 277 Å². The second-order valence-corrected chi connectivity index (χ2v) is 56.4. The Labute approximate surface area is 796 Å². The Morgan fingerprint density at radius 3 is 0.500 bits per heavy atom. The van der Waals surface area contributed by atoms with Crippen molar-refractivity contribution in [1.82, 2.24) is 80.5 Å². The smallest absolute Gasteiger partial charge is 0.232 e. The van der Waals surface area contributed by atoms with Crippen LogP contribution in [0.3, 0.4) is 0 Å². The molecule has 31 nitrogen and oxygen atoms in total. The highest BCUT2D eigenvalue weighted by atomic mass is 16.5. The van der Waals surface area contributed by atoms with Crippen LogP contribution < -0.4 is 24.5 Å². The minimum absolute atomic E-state index is 0.182. The molecule has 2 aromatic rings. The SMILES string of the molecule is CC1(C)CC(C(c2nc(N(CCCCN(c3nc(N(C4CC(C)(C)N([O])C(C)(C)C4)C4CC(C)(C)N([O])C(C)(C)C4)nc(N(C4CC(C)(C)N([O])C(C)(C)C4)C4CC(C)(C)N([O])C(C)(C)C4)n3)C3CC(C)(C)N([O])C(C)(C)C3)C3CC(C)(C)N([O])C(C)(C)C3)nc(N(C3CC(C)(C)N([O])C(C)(C)C3)C3CC(C)(C)N([O])C(C)(C)C3)n2)C2CC(C)(C)N([O])C(C)(C)C2)CC(C)(C)N1[O]. The van der Waals surface area contributed by atoms with E-state index in [4.69, 9.17) is 29.9 Å². The largest absolute Gasteiger partial charge is 0.338 e. The van der Waals surface area contributed by atoms with Gasteiger partial charge in [-0.1, -0.05) is 0 Å². The van der Waals surface area contributed by atoms with Crippen LogP contribution in [-0.2, 0) is 52.1 Å². The van der Waals surface area contributed by atoms with Gasteiger partial charge < -0.3 is 24.5 Å². The summed E-state index contributed by atoms with van der Waals surface area (Å²) in [4.78, 5) is 48.3. The van der Waals surface area contributed by atoms with E-state index in [0.29, 0.717) is 190 Å². The van der Waals surface area contributed by atoms with Crippen LogP contribution in [-0.4, -0.2) is 253 Å². The predicted octanol–water partition coefficient (Wildman–Crippen LogP) is 18.8. The van der Waals surface area contributed by atoms with E-state index in [0.717, 1.165) is 0 Å². The normalized spacial score (nSPS) is 29.9. The number of nitrogens with zero attached hydrogens (tertiary/aromatic N) is 21. The summed E-state index contributed by atoms with van der Waals surface area (Å²) in [6, 6.07) is -2.77. The molecule has 10 radical (unpaired) electrons. The van der Waals surface area contributed by atoms with Gasteiger partial charge >= 0.3 is 0 Å². The zero-order valence-corrected chi connectivity index (χ0v) is 89.8. The lowest BCUT2D eigenvalue weighted by Gasteiger charge is -2.58. The molecule has 0 bridgehead atoms. The zero-order chi connectivity index (χ0) is 99.7. The van der Waals surface area contributed by atoms with E-state index in [9.17, 15) is 41.7 Å². The number of aromatic nitrogens is 6. The minimum Gasteiger partial charge on any atom is -0.338 e. The predicted molar refractivity (Wildman–Crippen MR) is 510 cm³/mol. The van der Waals surface area contributed by atoms with Crippen LogP contribution in [0, 0.1) is 11.8 Å². The molecule has 0 atom stereocenters. The molecule has 10 aliphatic rings. The third-order valence-electron chi connectivity index (χ3n) is 33.8. The van der Waals surface area contributed by atoms with Crippen molar-refractivity contribution in [3.8, 4) is 0 Å². The molecule has 12 rings (SSSR count). The van der Waals surface area contributed by atoms with Gasteiger partial charge in [0.25, 0.3) is 0 Å². The van der Waals surface area contributed by atoms with Crippen molar-refractivity contribution in [2.24, 2.45) is 11.8 Å². The maximum atomic E-state index is 15.1. The molecule has 0 saturated carbocycles. The Hall–Kier alpha value is -3.78. The van der Waals surface area contributed by atoms with Gasteiger partial charge in [-0.2, -0.15) is 29.9 Å². The number of hydroxylamine groups is 20. The highest BCUT2D eigenvalue weighted by molar-refractivity contribution is 5.52. The number of anilines is 5. The van der Waals surface area contributed by atoms with Crippen LogP contribution in [0.2, 0.25) is 0 Å². The van der Waals surface area contributed by atoms with E-state index >= 15 is 10.4 Å². The molecule has 10 fully saturated rings. The highest BCUT2D eigenvalue weighted by Gasteiger charge is 2.62. The van der Waals surface area contributed by atoms with E-state index < -0.39 is 117 Å². The summed E-state index contributed by atoms with van der Waals surface area (Å²) in [5, 5.41) is 162. The molecule has 132 heavy (non-hydrogen) atoms. The summed E-state index contributed by atoms with van der Waals surface area (Å²) in [5.41, 5.74) is -17.4. The van der Waals surface area contributed by atoms with Crippen LogP contribution in [0.1, 0.15) is 430 Å². The third kappa shape index (κ3) is 20.4. The van der Waals surface area contributed by atoms with Gasteiger partial charge in [0.1, 0.15) is 5.82 Å². The molecule has 31 heteroatoms. The first-order valence-electron chi connectivity index (χ1n) is 50.5. The summed E-state index contributed by atoms with van der Waals surface area (Å²) in [6.45, 7) is 81.8. The van der Waals surface area contributed by atoms with Crippen molar-refractivity contribution in [3.63, 3.8) is 0 Å². The lowest BCUT2D eigenvalue weighted by Crippen LogP contribution is -2.68. The average Bonchev–Trinajstić information content (AvgIpc) is 0.718. The number of unbranched alkanes of at least 4 members (excludes halogenated alkanes) is 1. The molecular weight excluding hydrogens is 1670 g/mol. The van der Waals surface area contributed by atoms with E-state index in [1.54, 1.807) is 0 Å². The topological polar surface area (TPSA) is 325 Å². The van der Waals surface area contributed by atoms with Crippen LogP contribution in [0.5, 0.6) is 0 Å². The molecule has 0 spiro atoms. The molecular formula is C101H179N21O10. The standard InChI is InChI=1S/C101H179N21O10/c1-82(2)45-65(46-83(3,4)113(82)123)75(66-47-84(5,6)114(124)85(7,8)48-66)76-102-77(104-79(103-76)110(69-53-90(17,18)117(127)91(19,20)54-69)70-55-92(21,22)118(128)93(23,24)56-70)108(67-49-86(9,10)115(125)87(11,12)50-67)43-41-42-44-109(68-51-88(13,14)116(126)89(15,16)52-68)78-105-80(111(71-57-94(25,26)119(129)95(27,28)58-71)72-59-96(29,30)120(130)97(31,32)60-72)107-81(106-78)112(73-61-98(33,34)121(131)99(35,36)62-73)74-63-100(37,38)122(132)101(39,40)64-74/h65-75H,41-64H2,1-40H3. The van der Waals surface area contributed by atoms with Crippen LogP contribution in [0.25, 0.3) is 0 Å². The van der Waals surface area contributed by atoms with Gasteiger partial charge in [-0.15, -0.1) is 103 Å². The second kappa shape index (κ2) is 34.5. The Bertz CT molecular complexity index is 3570. The van der Waals surface area contributed by atoms with Crippen molar-refractivity contribution in [3.05, 3.63) is 5.82 Å². The van der Waals surface area contributed by atoms with Gasteiger partial charge in [-0.3, -0.25) is 0 Å². The Kier molecular flexibility index (Phi) is 28.0. The molecule has 0 aromatic carbocycles. The maximum Gasteiger partial charge on any atom is 0.232 e. The van der Waals surface area contributed by atoms with E-state index in [2.05, 4.69) is 24.5 Å². The molecule has 748 valence electrons. The Morgan fingerprint density at radius 1 is 0.197 bits per heavy atom. The first kappa shape index (κ1) is 107. The molecule has 12 heterocycles. The van der Waals surface area contributed by atoms with Gasteiger partial charge in [0, 0.05) is 178 Å². The van der Waals surface area contributed by atoms with Gasteiger partial charge in [0.05, 0.1) is 0 Å². The first-order chi connectivity index (χ1) is 59.3. The average molecular weight is 1850 g/mol. The molecule has 0 amide bonds. The van der Waals surface area contributed by atoms with E-state index in [-0.39, 0.29) is 60.2 Å². The van der Waals surface area contributed by atoms with Gasteiger partial charge in [0.15, 0.2) is 0 Å². The molecule has 10 saturated heterocycles. The lowest BCUT2D eigenvalue weighted by atomic mass is 9.62. The monoisotopic (exact) mass is 1850 g/mol. The third-order valence-corrected chi connectivity index (χ3v) is 33.8. The molecule has 10 aliphatic heterocycles. The van der Waals surface area contributed by atoms with E-state index in [1.165, 1.54) is 50.6 Å². The number of hydrogen-bond acceptors (Lipinski definition) is 21. The molecule has 2 aromatic heterocycles. The fraction of sp³-hybridized carbons (Fsp3) is 0.941. The molecule has 0 unspecified atom stereocenters. The summed E-state index contributed by atoms with van der Waals surface area (Å²) < 4.78 is 0. The summed E-state index contributed by atoms with van der Waals surface area (Å²) in [6.07, 6.45) is 10.0. The van der Waals surface area contributed by atoms with Gasteiger partial charge in [-0.25, -0.2) is 0 Å². The van der Waals surface area contributed by atoms with Crippen molar-refractivity contribution in [1.29, 1.82) is 0 Å². The van der Waals surface area contributed by atoms with Gasteiger partial charge in [0.2, 0.25) is 29.7 Å². The summed E-state index contributed by atoms with van der Waals surface area (Å²) in [7, 11) is 0. The Morgan fingerprint density at radius 2 is 0.326 bits per heavy atom. The van der Waals surface area contributed by atoms with Crippen molar-refractivity contribution < 1.29 is 52.1 Å². The van der Waals surface area contributed by atoms with Crippen molar-refractivity contribution in [2.45, 2.75) is 583 Å². The Balaban J connectivity index is 1.12. The van der Waals surface area contributed by atoms with Crippen LogP contribution in [0.4, 0.5) is 29.7 Å². The van der Waals surface area contributed by atoms with Gasteiger partial charge in [-0.05, 0) is 430 Å². The van der Waals surface area contributed by atoms with Crippen LogP contribution in [0.15, 0.2) is 0 Å². The molecule has 0 N–H and O–H groups in total. The first-order valence-corrected chi connectivity index (χ1v) is 50.5. The quantitative estimate of drug-likeness (QED) is 0.105. The second-order valence-electron chi connectivity index (χ2n) is 56.4. The maximum absolute atomic E-state index is 15.1. The molecule has 0 aliphatic carbocycles. The number of rotatable bonds is 21. The minimum atomic E-state index is -0.905. The highest BCUT2D eigenvalue weighted by Crippen LogP contribution is 2.58. The zero-order valence-electron chi connectivity index (χ0n) is 89.8.